The van der Waals surface area contributed by atoms with E-state index in [2.05, 4.69) is 24.4 Å². The number of carbonyl (C=O) groups excluding carboxylic acids is 1. The highest BCUT2D eigenvalue weighted by Crippen LogP contribution is 2.27. The fourth-order valence-electron chi connectivity index (χ4n) is 3.50. The number of amides is 1. The number of hydrogen-bond acceptors (Lipinski definition) is 4. The molecule has 1 amide bonds. The molecule has 0 aliphatic carbocycles. The molecule has 0 saturated carbocycles. The van der Waals surface area contributed by atoms with Gasteiger partial charge in [-0.1, -0.05) is 61.9 Å². The van der Waals surface area contributed by atoms with E-state index in [1.54, 1.807) is 23.5 Å². The van der Waals surface area contributed by atoms with Gasteiger partial charge in [-0.15, -0.1) is 11.3 Å². The Hall–Kier alpha value is -2.64. The van der Waals surface area contributed by atoms with E-state index < -0.39 is 10.0 Å². The topological polar surface area (TPSA) is 66.5 Å². The molecule has 5 nitrogen and oxygen atoms in total. The van der Waals surface area contributed by atoms with Crippen LogP contribution >= 0.6 is 11.3 Å². The van der Waals surface area contributed by atoms with Crippen LogP contribution in [0.4, 0.5) is 5.69 Å². The third kappa shape index (κ3) is 5.95. The van der Waals surface area contributed by atoms with Crippen molar-refractivity contribution in [3.63, 3.8) is 0 Å². The minimum atomic E-state index is -3.63. The van der Waals surface area contributed by atoms with Gasteiger partial charge in [-0.05, 0) is 47.5 Å². The normalized spacial score (nSPS) is 12.4. The molecule has 0 radical (unpaired) electrons. The second-order valence-corrected chi connectivity index (χ2v) is 10.4. The maximum Gasteiger partial charge on any atom is 0.241 e. The van der Waals surface area contributed by atoms with Crippen LogP contribution in [0.15, 0.2) is 66.0 Å². The number of rotatable bonds is 9. The van der Waals surface area contributed by atoms with E-state index in [9.17, 15) is 13.2 Å². The van der Waals surface area contributed by atoms with Gasteiger partial charge in [0.2, 0.25) is 15.9 Å². The molecule has 31 heavy (non-hydrogen) atoms. The quantitative estimate of drug-likeness (QED) is 0.508. The minimum Gasteiger partial charge on any atom is -0.343 e. The fourth-order valence-corrected chi connectivity index (χ4v) is 5.22. The van der Waals surface area contributed by atoms with Crippen LogP contribution in [-0.4, -0.2) is 27.1 Å². The lowest BCUT2D eigenvalue weighted by Crippen LogP contribution is -2.42. The number of benzene rings is 2. The summed E-state index contributed by atoms with van der Waals surface area (Å²) >= 11 is 1.56. The second kappa shape index (κ2) is 10.1. The maximum atomic E-state index is 13.0. The van der Waals surface area contributed by atoms with E-state index in [0.717, 1.165) is 39.4 Å². The van der Waals surface area contributed by atoms with Crippen molar-refractivity contribution in [3.05, 3.63) is 87.6 Å². The molecule has 0 aliphatic heterocycles. The van der Waals surface area contributed by atoms with Crippen molar-refractivity contribution in [3.8, 4) is 0 Å². The molecule has 1 heterocycles. The first-order valence-electron chi connectivity index (χ1n) is 10.2. The minimum absolute atomic E-state index is 0.278. The third-order valence-corrected chi connectivity index (χ3v) is 7.12. The van der Waals surface area contributed by atoms with Crippen molar-refractivity contribution in [2.45, 2.75) is 32.7 Å². The van der Waals surface area contributed by atoms with Crippen LogP contribution in [0.3, 0.4) is 0 Å². The smallest absolute Gasteiger partial charge is 0.241 e. The first-order valence-corrected chi connectivity index (χ1v) is 13.0. The van der Waals surface area contributed by atoms with E-state index >= 15 is 0 Å². The average molecular weight is 457 g/mol. The molecular weight excluding hydrogens is 428 g/mol. The highest BCUT2D eigenvalue weighted by atomic mass is 32.2. The summed E-state index contributed by atoms with van der Waals surface area (Å²) in [5.41, 5.74) is 3.53. The molecule has 0 spiro atoms. The molecule has 164 valence electrons. The lowest BCUT2D eigenvalue weighted by molar-refractivity contribution is -0.120. The van der Waals surface area contributed by atoms with E-state index in [1.165, 1.54) is 5.56 Å². The Kier molecular flexibility index (Phi) is 7.51. The van der Waals surface area contributed by atoms with Crippen molar-refractivity contribution >= 4 is 33.0 Å². The summed E-state index contributed by atoms with van der Waals surface area (Å²) in [5, 5.41) is 5.01. The number of aryl methyl sites for hydroxylation is 2. The molecule has 3 aromatic rings. The van der Waals surface area contributed by atoms with Gasteiger partial charge < -0.3 is 5.32 Å². The summed E-state index contributed by atoms with van der Waals surface area (Å²) in [4.78, 5) is 14.0. The van der Waals surface area contributed by atoms with Crippen LogP contribution in [0.25, 0.3) is 0 Å². The molecule has 1 unspecified atom stereocenters. The van der Waals surface area contributed by atoms with Crippen molar-refractivity contribution in [2.24, 2.45) is 0 Å². The van der Waals surface area contributed by atoms with E-state index in [1.807, 2.05) is 48.7 Å². The summed E-state index contributed by atoms with van der Waals surface area (Å²) < 4.78 is 26.1. The number of para-hydroxylation sites is 1. The first kappa shape index (κ1) is 23.0. The van der Waals surface area contributed by atoms with E-state index in [4.69, 9.17) is 0 Å². The van der Waals surface area contributed by atoms with Crippen LogP contribution in [-0.2, 0) is 21.2 Å². The molecule has 0 bridgehead atoms. The molecule has 0 aliphatic rings. The Balaban J connectivity index is 1.85. The fraction of sp³-hybridized carbons (Fsp3) is 0.292. The van der Waals surface area contributed by atoms with Gasteiger partial charge in [-0.3, -0.25) is 9.10 Å². The predicted octanol–water partition coefficient (Wildman–Crippen LogP) is 4.68. The third-order valence-electron chi connectivity index (χ3n) is 5.06. The molecule has 7 heteroatoms. The Morgan fingerprint density at radius 1 is 1.06 bits per heavy atom. The zero-order valence-corrected chi connectivity index (χ0v) is 19.7. The predicted molar refractivity (Wildman–Crippen MR) is 128 cm³/mol. The second-order valence-electron chi connectivity index (χ2n) is 7.56. The molecule has 0 fully saturated rings. The van der Waals surface area contributed by atoms with Gasteiger partial charge >= 0.3 is 0 Å². The average Bonchev–Trinajstić information content (AvgIpc) is 3.26. The Labute approximate surface area is 188 Å². The number of hydrogen-bond donors (Lipinski definition) is 1. The number of thiophene rings is 1. The van der Waals surface area contributed by atoms with Crippen molar-refractivity contribution in [1.82, 2.24) is 5.32 Å². The lowest BCUT2D eigenvalue weighted by Gasteiger charge is -2.25. The van der Waals surface area contributed by atoms with Gasteiger partial charge in [-0.25, -0.2) is 8.42 Å². The van der Waals surface area contributed by atoms with E-state index in [-0.39, 0.29) is 18.5 Å². The highest BCUT2D eigenvalue weighted by Gasteiger charge is 2.25. The maximum absolute atomic E-state index is 13.0. The van der Waals surface area contributed by atoms with Crippen LogP contribution in [0.2, 0.25) is 0 Å². The Morgan fingerprint density at radius 3 is 2.35 bits per heavy atom. The van der Waals surface area contributed by atoms with Crippen molar-refractivity contribution in [2.75, 3.05) is 17.1 Å². The summed E-state index contributed by atoms with van der Waals surface area (Å²) in [7, 11) is -3.63. The SMILES string of the molecule is CCCc1ccc(C(NC(=O)CN(c2ccccc2C)S(C)(=O)=O)c2cccs2)cc1. The molecule has 3 rings (SSSR count). The highest BCUT2D eigenvalue weighted by molar-refractivity contribution is 7.92. The Morgan fingerprint density at radius 2 is 1.77 bits per heavy atom. The Bertz CT molecular complexity index is 1110. The molecule has 1 aromatic heterocycles. The molecule has 0 saturated heterocycles. The molecule has 1 N–H and O–H groups in total. The zero-order chi connectivity index (χ0) is 22.4. The van der Waals surface area contributed by atoms with Gasteiger partial charge in [0.25, 0.3) is 0 Å². The van der Waals surface area contributed by atoms with Gasteiger partial charge in [0.05, 0.1) is 18.0 Å². The summed E-state index contributed by atoms with van der Waals surface area (Å²) in [5.74, 6) is -0.357. The van der Waals surface area contributed by atoms with Crippen LogP contribution < -0.4 is 9.62 Å². The number of nitrogens with one attached hydrogen (secondary N) is 1. The van der Waals surface area contributed by atoms with Crippen LogP contribution in [0.5, 0.6) is 0 Å². The number of nitrogens with zero attached hydrogens (tertiary/aromatic N) is 1. The lowest BCUT2D eigenvalue weighted by atomic mass is 10.0. The largest absolute Gasteiger partial charge is 0.343 e. The molecule has 2 aromatic carbocycles. The molecular formula is C24H28N2O3S2. The first-order chi connectivity index (χ1) is 14.8. The monoisotopic (exact) mass is 456 g/mol. The zero-order valence-electron chi connectivity index (χ0n) is 18.0. The number of sulfonamides is 1. The van der Waals surface area contributed by atoms with Crippen LogP contribution in [0, 0.1) is 6.92 Å². The number of carbonyl (C=O) groups is 1. The van der Waals surface area contributed by atoms with Gasteiger partial charge in [0.15, 0.2) is 0 Å². The summed E-state index contributed by atoms with van der Waals surface area (Å²) in [6, 6.07) is 19.0. The van der Waals surface area contributed by atoms with E-state index in [0.29, 0.717) is 5.69 Å². The number of anilines is 1. The molecule has 1 atom stereocenters. The van der Waals surface area contributed by atoms with Gasteiger partial charge in [-0.2, -0.15) is 0 Å². The summed E-state index contributed by atoms with van der Waals surface area (Å²) in [6.07, 6.45) is 3.21. The van der Waals surface area contributed by atoms with Crippen molar-refractivity contribution in [1.29, 1.82) is 0 Å². The van der Waals surface area contributed by atoms with Gasteiger partial charge in [0.1, 0.15) is 6.54 Å². The summed E-state index contributed by atoms with van der Waals surface area (Å²) in [6.45, 7) is 3.70. The standard InChI is InChI=1S/C24H28N2O3S2/c1-4-8-19-12-14-20(15-13-19)24(22-11-7-16-30-22)25-23(27)17-26(31(3,28)29)21-10-6-5-9-18(21)2/h5-7,9-16,24H,4,8,17H2,1-3H3,(H,25,27). The van der Waals surface area contributed by atoms with Crippen LogP contribution in [0.1, 0.15) is 41.0 Å². The van der Waals surface area contributed by atoms with Crippen molar-refractivity contribution < 1.29 is 13.2 Å². The van der Waals surface area contributed by atoms with Gasteiger partial charge in [0, 0.05) is 4.88 Å².